The topological polar surface area (TPSA) is 76.1 Å². The number of fused-ring (bicyclic) bond motifs is 1. The van der Waals surface area contributed by atoms with E-state index in [1.807, 2.05) is 6.07 Å². The SMILES string of the molecule is COc1ccccc1OCCN1C(=O)C(O)(CC(C)=O)c2ccc(Cl)c(Cl)c21. The number of hydrogen-bond donors (Lipinski definition) is 1. The summed E-state index contributed by atoms with van der Waals surface area (Å²) < 4.78 is 11.0. The van der Waals surface area contributed by atoms with E-state index in [-0.39, 0.29) is 41.0 Å². The first kappa shape index (κ1) is 20.5. The molecule has 8 heteroatoms. The Morgan fingerprint density at radius 2 is 1.86 bits per heavy atom. The van der Waals surface area contributed by atoms with Crippen LogP contribution in [0.3, 0.4) is 0 Å². The average molecular weight is 424 g/mol. The molecule has 0 spiro atoms. The number of ether oxygens (including phenoxy) is 2. The van der Waals surface area contributed by atoms with E-state index in [4.69, 9.17) is 32.7 Å². The number of carbonyl (C=O) groups excluding carboxylic acids is 2. The van der Waals surface area contributed by atoms with Crippen molar-refractivity contribution < 1.29 is 24.2 Å². The van der Waals surface area contributed by atoms with Gasteiger partial charge in [-0.2, -0.15) is 0 Å². The van der Waals surface area contributed by atoms with Gasteiger partial charge in [0.2, 0.25) is 0 Å². The number of para-hydroxylation sites is 2. The molecule has 0 aromatic heterocycles. The highest BCUT2D eigenvalue weighted by Gasteiger charge is 2.51. The van der Waals surface area contributed by atoms with Gasteiger partial charge in [0, 0.05) is 12.0 Å². The zero-order chi connectivity index (χ0) is 20.5. The van der Waals surface area contributed by atoms with Crippen molar-refractivity contribution in [1.29, 1.82) is 0 Å². The van der Waals surface area contributed by atoms with Gasteiger partial charge in [0.15, 0.2) is 17.1 Å². The highest BCUT2D eigenvalue weighted by atomic mass is 35.5. The highest BCUT2D eigenvalue weighted by Crippen LogP contribution is 2.48. The number of nitrogens with zero attached hydrogens (tertiary/aromatic N) is 1. The lowest BCUT2D eigenvalue weighted by atomic mass is 9.90. The monoisotopic (exact) mass is 423 g/mol. The molecule has 0 radical (unpaired) electrons. The molecular formula is C20H19Cl2NO5. The van der Waals surface area contributed by atoms with Crippen molar-refractivity contribution in [2.24, 2.45) is 0 Å². The van der Waals surface area contributed by atoms with E-state index in [1.165, 1.54) is 31.1 Å². The Kier molecular flexibility index (Phi) is 5.84. The van der Waals surface area contributed by atoms with Crippen LogP contribution in [0.25, 0.3) is 0 Å². The molecule has 0 aliphatic carbocycles. The van der Waals surface area contributed by atoms with E-state index in [2.05, 4.69) is 0 Å². The average Bonchev–Trinajstić information content (AvgIpc) is 2.86. The number of ketones is 1. The minimum Gasteiger partial charge on any atom is -0.493 e. The molecule has 0 saturated carbocycles. The largest absolute Gasteiger partial charge is 0.493 e. The zero-order valence-electron chi connectivity index (χ0n) is 15.4. The first-order chi connectivity index (χ1) is 13.3. The number of benzene rings is 2. The third-order valence-electron chi connectivity index (χ3n) is 4.53. The van der Waals surface area contributed by atoms with Crippen LogP contribution in [0.1, 0.15) is 18.9 Å². The lowest BCUT2D eigenvalue weighted by molar-refractivity contribution is -0.141. The number of amides is 1. The standard InChI is InChI=1S/C20H19Cl2NO5/c1-12(24)11-20(26)13-7-8-14(21)17(22)18(13)23(19(20)25)9-10-28-16-6-4-3-5-15(16)27-2/h3-8,26H,9-11H2,1-2H3. The first-order valence-corrected chi connectivity index (χ1v) is 9.33. The molecule has 28 heavy (non-hydrogen) atoms. The Hall–Kier alpha value is -2.28. The molecule has 0 saturated heterocycles. The number of aliphatic hydroxyl groups is 1. The van der Waals surface area contributed by atoms with E-state index < -0.39 is 11.5 Å². The van der Waals surface area contributed by atoms with Crippen molar-refractivity contribution in [1.82, 2.24) is 0 Å². The molecule has 2 aromatic carbocycles. The quantitative estimate of drug-likeness (QED) is 0.735. The van der Waals surface area contributed by atoms with Gasteiger partial charge in [0.25, 0.3) is 5.91 Å². The van der Waals surface area contributed by atoms with Gasteiger partial charge >= 0.3 is 0 Å². The normalized spacial score (nSPS) is 18.2. The Balaban J connectivity index is 1.88. The van der Waals surface area contributed by atoms with Crippen LogP contribution in [0.15, 0.2) is 36.4 Å². The summed E-state index contributed by atoms with van der Waals surface area (Å²) in [5.74, 6) is 0.128. The molecular weight excluding hydrogens is 405 g/mol. The molecule has 3 rings (SSSR count). The third-order valence-corrected chi connectivity index (χ3v) is 5.32. The van der Waals surface area contributed by atoms with Crippen LogP contribution in [0.4, 0.5) is 5.69 Å². The minimum absolute atomic E-state index is 0.101. The van der Waals surface area contributed by atoms with Crippen molar-refractivity contribution in [3.63, 3.8) is 0 Å². The smallest absolute Gasteiger partial charge is 0.264 e. The Morgan fingerprint density at radius 3 is 2.50 bits per heavy atom. The van der Waals surface area contributed by atoms with Crippen molar-refractivity contribution in [3.05, 3.63) is 52.0 Å². The fourth-order valence-corrected chi connectivity index (χ4v) is 3.73. The summed E-state index contributed by atoms with van der Waals surface area (Å²) in [7, 11) is 1.53. The van der Waals surface area contributed by atoms with Crippen LogP contribution in [0, 0.1) is 0 Å². The van der Waals surface area contributed by atoms with Crippen LogP contribution in [-0.2, 0) is 15.2 Å². The van der Waals surface area contributed by atoms with Gasteiger partial charge in [-0.05, 0) is 25.1 Å². The molecule has 1 heterocycles. The second-order valence-electron chi connectivity index (χ2n) is 6.45. The van der Waals surface area contributed by atoms with Crippen molar-refractivity contribution in [3.8, 4) is 11.5 Å². The summed E-state index contributed by atoms with van der Waals surface area (Å²) in [5, 5.41) is 11.4. The van der Waals surface area contributed by atoms with Crippen LogP contribution in [0.5, 0.6) is 11.5 Å². The van der Waals surface area contributed by atoms with Crippen molar-refractivity contribution in [2.75, 3.05) is 25.2 Å². The highest BCUT2D eigenvalue weighted by molar-refractivity contribution is 6.44. The molecule has 6 nitrogen and oxygen atoms in total. The summed E-state index contributed by atoms with van der Waals surface area (Å²) in [6.07, 6.45) is -0.347. The van der Waals surface area contributed by atoms with Crippen LogP contribution in [-0.4, -0.2) is 37.1 Å². The van der Waals surface area contributed by atoms with E-state index in [0.717, 1.165) is 0 Å². The van der Waals surface area contributed by atoms with Crippen LogP contribution >= 0.6 is 23.2 Å². The number of Topliss-reactive ketones (excluding diaryl/α,β-unsaturated/α-hetero) is 1. The molecule has 0 fully saturated rings. The summed E-state index contributed by atoms with van der Waals surface area (Å²) >= 11 is 12.4. The molecule has 2 aromatic rings. The Labute approximate surface area is 172 Å². The summed E-state index contributed by atoms with van der Waals surface area (Å²) in [5.41, 5.74) is -1.41. The number of carbonyl (C=O) groups is 2. The molecule has 148 valence electrons. The lowest BCUT2D eigenvalue weighted by Gasteiger charge is -2.22. The maximum absolute atomic E-state index is 13.0. The number of anilines is 1. The second-order valence-corrected chi connectivity index (χ2v) is 7.24. The van der Waals surface area contributed by atoms with E-state index >= 15 is 0 Å². The van der Waals surface area contributed by atoms with Crippen molar-refractivity contribution in [2.45, 2.75) is 18.9 Å². The van der Waals surface area contributed by atoms with Crippen LogP contribution < -0.4 is 14.4 Å². The van der Waals surface area contributed by atoms with Crippen LogP contribution in [0.2, 0.25) is 10.0 Å². The molecule has 1 amide bonds. The van der Waals surface area contributed by atoms with E-state index in [0.29, 0.717) is 17.2 Å². The predicted molar refractivity (Wildman–Crippen MR) is 106 cm³/mol. The summed E-state index contributed by atoms with van der Waals surface area (Å²) in [6.45, 7) is 1.53. The Bertz CT molecular complexity index is 933. The van der Waals surface area contributed by atoms with Gasteiger partial charge in [-0.15, -0.1) is 0 Å². The second kappa shape index (κ2) is 7.99. The van der Waals surface area contributed by atoms with Gasteiger partial charge in [-0.3, -0.25) is 9.59 Å². The minimum atomic E-state index is -1.97. The number of halogens is 2. The fourth-order valence-electron chi connectivity index (χ4n) is 3.31. The van der Waals surface area contributed by atoms with E-state index in [1.54, 1.807) is 18.2 Å². The molecule has 1 aliphatic heterocycles. The predicted octanol–water partition coefficient (Wildman–Crippen LogP) is 3.59. The fraction of sp³-hybridized carbons (Fsp3) is 0.300. The maximum atomic E-state index is 13.0. The Morgan fingerprint density at radius 1 is 1.18 bits per heavy atom. The van der Waals surface area contributed by atoms with Gasteiger partial charge in [0.1, 0.15) is 12.4 Å². The molecule has 1 aliphatic rings. The van der Waals surface area contributed by atoms with E-state index in [9.17, 15) is 14.7 Å². The lowest BCUT2D eigenvalue weighted by Crippen LogP contribution is -2.43. The molecule has 1 N–H and O–H groups in total. The molecule has 0 bridgehead atoms. The molecule has 1 unspecified atom stereocenters. The summed E-state index contributed by atoms with van der Waals surface area (Å²) in [4.78, 5) is 26.0. The maximum Gasteiger partial charge on any atom is 0.264 e. The van der Waals surface area contributed by atoms with Gasteiger partial charge in [-0.25, -0.2) is 0 Å². The zero-order valence-corrected chi connectivity index (χ0v) is 16.9. The van der Waals surface area contributed by atoms with Crippen molar-refractivity contribution >= 4 is 40.6 Å². The number of hydrogen-bond acceptors (Lipinski definition) is 5. The van der Waals surface area contributed by atoms with Gasteiger partial charge in [0.05, 0.1) is 29.4 Å². The van der Waals surface area contributed by atoms with Gasteiger partial charge < -0.3 is 19.5 Å². The van der Waals surface area contributed by atoms with Gasteiger partial charge in [-0.1, -0.05) is 41.4 Å². The number of methoxy groups -OCH3 is 1. The molecule has 1 atom stereocenters. The third kappa shape index (κ3) is 3.55. The first-order valence-electron chi connectivity index (χ1n) is 8.57. The number of rotatable bonds is 7. The summed E-state index contributed by atoms with van der Waals surface area (Å²) in [6, 6.07) is 10.1.